The third-order valence-corrected chi connectivity index (χ3v) is 18.2. The van der Waals surface area contributed by atoms with Gasteiger partial charge >= 0.3 is 0 Å². The number of hydrogen-bond donors (Lipinski definition) is 0. The fraction of sp³-hybridized carbons (Fsp3) is 0.0465. The maximum Gasteiger partial charge on any atom is 0.0618 e. The van der Waals surface area contributed by atoms with Crippen LogP contribution in [-0.4, -0.2) is 0 Å². The minimum Gasteiger partial charge on any atom is -0.309 e. The fourth-order valence-electron chi connectivity index (χ4n) is 14.1. The summed E-state index contributed by atoms with van der Waals surface area (Å²) in [5.41, 5.74) is 21.1. The molecular formula is C86H62N2. The van der Waals surface area contributed by atoms with E-state index in [0.29, 0.717) is 0 Å². The minimum absolute atomic E-state index is 1.11. The molecule has 0 aliphatic rings. The number of anilines is 6. The molecule has 0 aliphatic heterocycles. The first-order chi connectivity index (χ1) is 43.3. The summed E-state index contributed by atoms with van der Waals surface area (Å²) in [6.07, 6.45) is 0. The Morgan fingerprint density at radius 3 is 0.693 bits per heavy atom. The van der Waals surface area contributed by atoms with Gasteiger partial charge in [-0.05, 0) is 199 Å². The van der Waals surface area contributed by atoms with Crippen molar-refractivity contribution in [2.24, 2.45) is 0 Å². The Morgan fingerprint density at radius 2 is 0.409 bits per heavy atom. The zero-order valence-corrected chi connectivity index (χ0v) is 49.8. The van der Waals surface area contributed by atoms with Crippen LogP contribution in [0.1, 0.15) is 22.3 Å². The zero-order valence-electron chi connectivity index (χ0n) is 49.8. The smallest absolute Gasteiger partial charge is 0.0618 e. The van der Waals surface area contributed by atoms with Gasteiger partial charge in [0.2, 0.25) is 0 Å². The van der Waals surface area contributed by atoms with Crippen molar-refractivity contribution in [1.29, 1.82) is 0 Å². The molecule has 0 spiro atoms. The molecule has 0 unspecified atom stereocenters. The van der Waals surface area contributed by atoms with E-state index in [-0.39, 0.29) is 0 Å². The molecule has 0 N–H and O–H groups in total. The van der Waals surface area contributed by atoms with Crippen molar-refractivity contribution in [3.8, 4) is 44.5 Å². The summed E-state index contributed by atoms with van der Waals surface area (Å²) in [7, 11) is 0. The lowest BCUT2D eigenvalue weighted by Crippen LogP contribution is -2.11. The molecule has 0 aliphatic carbocycles. The summed E-state index contributed by atoms with van der Waals surface area (Å²) in [5.74, 6) is 0. The molecular weight excluding hydrogens is 1060 g/mol. The minimum atomic E-state index is 1.11. The van der Waals surface area contributed by atoms with Crippen LogP contribution in [-0.2, 0) is 0 Å². The van der Waals surface area contributed by atoms with E-state index in [0.717, 1.165) is 50.8 Å². The lowest BCUT2D eigenvalue weighted by atomic mass is 9.82. The van der Waals surface area contributed by atoms with Crippen molar-refractivity contribution < 1.29 is 0 Å². The number of rotatable bonds is 10. The predicted octanol–water partition coefficient (Wildman–Crippen LogP) is 24.6. The van der Waals surface area contributed by atoms with Crippen molar-refractivity contribution in [3.05, 3.63) is 326 Å². The van der Waals surface area contributed by atoms with Crippen LogP contribution in [0.4, 0.5) is 34.1 Å². The highest BCUT2D eigenvalue weighted by atomic mass is 15.2. The maximum absolute atomic E-state index is 2.51. The molecule has 0 saturated heterocycles. The van der Waals surface area contributed by atoms with Gasteiger partial charge in [0, 0.05) is 44.3 Å². The predicted molar refractivity (Wildman–Crippen MR) is 379 cm³/mol. The second kappa shape index (κ2) is 21.5. The molecule has 0 aromatic heterocycles. The second-order valence-corrected chi connectivity index (χ2v) is 23.8. The van der Waals surface area contributed by atoms with Crippen molar-refractivity contribution in [2.45, 2.75) is 27.7 Å². The maximum atomic E-state index is 2.51. The molecule has 16 rings (SSSR count). The van der Waals surface area contributed by atoms with Crippen molar-refractivity contribution in [2.75, 3.05) is 9.80 Å². The van der Waals surface area contributed by atoms with E-state index >= 15 is 0 Å². The van der Waals surface area contributed by atoms with Crippen LogP contribution in [0.3, 0.4) is 0 Å². The fourth-order valence-corrected chi connectivity index (χ4v) is 14.1. The molecule has 0 atom stereocenters. The van der Waals surface area contributed by atoms with E-state index in [1.165, 1.54) is 125 Å². The molecule has 2 nitrogen and oxygen atoms in total. The highest BCUT2D eigenvalue weighted by Gasteiger charge is 2.27. The summed E-state index contributed by atoms with van der Waals surface area (Å²) in [6, 6.07) is 114. The van der Waals surface area contributed by atoms with Gasteiger partial charge in [-0.25, -0.2) is 0 Å². The highest BCUT2D eigenvalue weighted by Crippen LogP contribution is 2.54. The van der Waals surface area contributed by atoms with Crippen molar-refractivity contribution in [1.82, 2.24) is 0 Å². The van der Waals surface area contributed by atoms with Crippen LogP contribution in [0.5, 0.6) is 0 Å². The van der Waals surface area contributed by atoms with E-state index in [1.807, 2.05) is 0 Å². The molecule has 88 heavy (non-hydrogen) atoms. The monoisotopic (exact) mass is 1120 g/mol. The van der Waals surface area contributed by atoms with E-state index in [1.54, 1.807) is 0 Å². The van der Waals surface area contributed by atoms with E-state index in [2.05, 4.69) is 341 Å². The van der Waals surface area contributed by atoms with Gasteiger partial charge in [0.25, 0.3) is 0 Å². The van der Waals surface area contributed by atoms with Crippen LogP contribution in [0, 0.1) is 27.7 Å². The molecule has 16 aromatic carbocycles. The Kier molecular flexibility index (Phi) is 12.8. The first kappa shape index (κ1) is 52.5. The summed E-state index contributed by atoms with van der Waals surface area (Å²) in [5, 5.41) is 16.7. The summed E-state index contributed by atoms with van der Waals surface area (Å²) < 4.78 is 0. The largest absolute Gasteiger partial charge is 0.309 e. The molecule has 0 bridgehead atoms. The lowest BCUT2D eigenvalue weighted by Gasteiger charge is -2.30. The molecule has 0 amide bonds. The van der Waals surface area contributed by atoms with Gasteiger partial charge < -0.3 is 9.80 Å². The first-order valence-electron chi connectivity index (χ1n) is 30.6. The summed E-state index contributed by atoms with van der Waals surface area (Å²) in [4.78, 5) is 4.95. The number of nitrogens with zero attached hydrogens (tertiary/aromatic N) is 2. The molecule has 16 aromatic rings. The lowest BCUT2D eigenvalue weighted by molar-refractivity contribution is 1.29. The quantitative estimate of drug-likeness (QED) is 0.126. The van der Waals surface area contributed by atoms with Gasteiger partial charge in [-0.3, -0.25) is 0 Å². The van der Waals surface area contributed by atoms with Gasteiger partial charge in [0.15, 0.2) is 0 Å². The van der Waals surface area contributed by atoms with E-state index in [4.69, 9.17) is 0 Å². The van der Waals surface area contributed by atoms with E-state index < -0.39 is 0 Å². The molecule has 0 heterocycles. The van der Waals surface area contributed by atoms with E-state index in [9.17, 15) is 0 Å². The number of aryl methyl sites for hydroxylation is 4. The molecule has 0 fully saturated rings. The topological polar surface area (TPSA) is 6.48 Å². The average molecular weight is 1120 g/mol. The second-order valence-electron chi connectivity index (χ2n) is 23.8. The van der Waals surface area contributed by atoms with Crippen LogP contribution < -0.4 is 9.80 Å². The van der Waals surface area contributed by atoms with Gasteiger partial charge in [-0.15, -0.1) is 0 Å². The Morgan fingerprint density at radius 1 is 0.182 bits per heavy atom. The Balaban J connectivity index is 1.03. The molecule has 2 heteroatoms. The number of fused-ring (bicyclic) bond motifs is 7. The SMILES string of the molecule is Cc1ccc(N(c2ccc(C)cc2)c2c3ccccc3c(-c3cc(-c4c5ccccc5c(-c5ccc6ccccc6c5)c5ccccc45)cc(-c4c5ccccc5c(N(c5ccc(C)cc5)c5ccc(C)cc5)c5ccccc45)c3)c3ccccc23)cc1. The van der Waals surface area contributed by atoms with Crippen molar-refractivity contribution in [3.63, 3.8) is 0 Å². The van der Waals surface area contributed by atoms with Gasteiger partial charge in [0.1, 0.15) is 0 Å². The normalized spacial score (nSPS) is 11.6. The number of benzene rings is 16. The van der Waals surface area contributed by atoms with Crippen molar-refractivity contribution >= 4 is 110 Å². The first-order valence-corrected chi connectivity index (χ1v) is 30.6. The average Bonchev–Trinajstić information content (AvgIpc) is 0.924. The standard InChI is InChI=1S/C86H62N2/c1-55-33-43-65(44-34-55)87(66-45-35-56(2)36-46-66)85-77-29-15-11-25-73(77)83(74-26-12-16-30-78(74)85)63-52-62(82-71-23-9-7-21-69(71)81(70-22-8-10-24-72(70)82)61-42-41-59-19-5-6-20-60(59)51-61)53-64(54-63)84-75-27-13-17-31-79(75)86(80-32-18-14-28-76(80)84)88(67-47-37-57(3)38-48-67)68-49-39-58(4)40-50-68/h5-54H,1-4H3. The molecule has 416 valence electrons. The summed E-state index contributed by atoms with van der Waals surface area (Å²) in [6.45, 7) is 8.66. The third-order valence-electron chi connectivity index (χ3n) is 18.2. The Hall–Kier alpha value is -11.1. The third kappa shape index (κ3) is 8.87. The van der Waals surface area contributed by atoms with Gasteiger partial charge in [-0.2, -0.15) is 0 Å². The highest BCUT2D eigenvalue weighted by molar-refractivity contribution is 6.27. The van der Waals surface area contributed by atoms with Crippen LogP contribution in [0.25, 0.3) is 120 Å². The van der Waals surface area contributed by atoms with Crippen LogP contribution in [0.2, 0.25) is 0 Å². The zero-order chi connectivity index (χ0) is 59.0. The summed E-state index contributed by atoms with van der Waals surface area (Å²) >= 11 is 0. The Bertz CT molecular complexity index is 4910. The van der Waals surface area contributed by atoms with Crippen LogP contribution >= 0.6 is 0 Å². The Labute approximate surface area is 514 Å². The van der Waals surface area contributed by atoms with Gasteiger partial charge in [-0.1, -0.05) is 253 Å². The van der Waals surface area contributed by atoms with Crippen LogP contribution in [0.15, 0.2) is 303 Å². The van der Waals surface area contributed by atoms with Gasteiger partial charge in [0.05, 0.1) is 11.4 Å². The molecule has 0 saturated carbocycles. The molecule has 0 radical (unpaired) electrons. The number of hydrogen-bond acceptors (Lipinski definition) is 2.